The number of hydrogen-bond donors (Lipinski definition) is 2. The number of anilines is 2. The molecule has 0 heterocycles. The van der Waals surface area contributed by atoms with Crippen LogP contribution in [-0.4, -0.2) is 11.8 Å². The molecule has 4 rings (SSSR count). The van der Waals surface area contributed by atoms with Gasteiger partial charge in [0.2, 0.25) is 5.91 Å². The lowest BCUT2D eigenvalue weighted by Crippen LogP contribution is -2.19. The molecule has 170 valence electrons. The first-order chi connectivity index (χ1) is 16.5. The summed E-state index contributed by atoms with van der Waals surface area (Å²) in [4.78, 5) is 26.8. The number of hydrogen-bond acceptors (Lipinski definition) is 3. The lowest BCUT2D eigenvalue weighted by atomic mass is 10.1. The number of amides is 2. The van der Waals surface area contributed by atoms with E-state index in [0.29, 0.717) is 11.3 Å². The Morgan fingerprint density at radius 2 is 1.50 bits per heavy atom. The molecule has 6 heteroatoms. The van der Waals surface area contributed by atoms with Crippen LogP contribution in [0.5, 0.6) is 0 Å². The maximum atomic E-state index is 13.3. The van der Waals surface area contributed by atoms with Gasteiger partial charge in [-0.3, -0.25) is 9.59 Å². The fourth-order valence-corrected chi connectivity index (χ4v) is 4.76. The van der Waals surface area contributed by atoms with E-state index in [2.05, 4.69) is 26.6 Å². The third-order valence-corrected chi connectivity index (χ3v) is 6.86. The minimum atomic E-state index is -0.465. The van der Waals surface area contributed by atoms with Gasteiger partial charge < -0.3 is 10.6 Å². The van der Waals surface area contributed by atoms with E-state index in [4.69, 9.17) is 0 Å². The number of benzene rings is 4. The lowest BCUT2D eigenvalue weighted by Gasteiger charge is -2.18. The summed E-state index contributed by atoms with van der Waals surface area (Å²) in [5.74, 6) is -0.286. The summed E-state index contributed by atoms with van der Waals surface area (Å²) in [6.45, 7) is 1.96. The number of carbonyl (C=O) groups excluding carboxylic acids is 2. The highest BCUT2D eigenvalue weighted by molar-refractivity contribution is 9.10. The van der Waals surface area contributed by atoms with Gasteiger partial charge in [0.25, 0.3) is 5.91 Å². The van der Waals surface area contributed by atoms with Gasteiger partial charge >= 0.3 is 0 Å². The molecule has 34 heavy (non-hydrogen) atoms. The predicted molar refractivity (Wildman–Crippen MR) is 143 cm³/mol. The van der Waals surface area contributed by atoms with E-state index < -0.39 is 5.25 Å². The molecule has 0 aromatic heterocycles. The normalized spacial score (nSPS) is 11.5. The monoisotopic (exact) mass is 530 g/mol. The minimum Gasteiger partial charge on any atom is -0.325 e. The van der Waals surface area contributed by atoms with Crippen LogP contribution >= 0.6 is 27.7 Å². The molecule has 0 aliphatic heterocycles. The van der Waals surface area contributed by atoms with Crippen molar-refractivity contribution in [1.82, 2.24) is 0 Å². The summed E-state index contributed by atoms with van der Waals surface area (Å²) < 4.78 is 0.948. The van der Waals surface area contributed by atoms with Crippen LogP contribution in [0.4, 0.5) is 11.4 Å². The van der Waals surface area contributed by atoms with E-state index in [1.165, 1.54) is 11.8 Å². The number of halogens is 1. The van der Waals surface area contributed by atoms with Gasteiger partial charge in [-0.25, -0.2) is 0 Å². The van der Waals surface area contributed by atoms with Gasteiger partial charge in [0.05, 0.1) is 0 Å². The zero-order valence-corrected chi connectivity index (χ0v) is 20.9. The first-order valence-corrected chi connectivity index (χ1v) is 12.4. The molecule has 4 aromatic carbocycles. The molecule has 0 spiro atoms. The van der Waals surface area contributed by atoms with Crippen molar-refractivity contribution in [3.8, 4) is 0 Å². The first-order valence-electron chi connectivity index (χ1n) is 10.7. The molecule has 0 bridgehead atoms. The standard InChI is InChI=1S/C28H23BrN2O2S/c1-19-7-5-10-21(17-19)27(32)31-24-11-6-12-25(18-24)34-26(20-8-3-2-4-9-20)28(33)30-23-15-13-22(29)14-16-23/h2-18,26H,1H3,(H,30,33)(H,31,32). The van der Waals surface area contributed by atoms with Crippen molar-refractivity contribution in [2.24, 2.45) is 0 Å². The topological polar surface area (TPSA) is 58.2 Å². The third-order valence-electron chi connectivity index (χ3n) is 5.08. The summed E-state index contributed by atoms with van der Waals surface area (Å²) in [5.41, 5.74) is 3.94. The molecule has 0 radical (unpaired) electrons. The van der Waals surface area contributed by atoms with Crippen LogP contribution < -0.4 is 10.6 Å². The first kappa shape index (κ1) is 23.8. The van der Waals surface area contributed by atoms with Crippen molar-refractivity contribution in [2.75, 3.05) is 10.6 Å². The zero-order chi connectivity index (χ0) is 23.9. The number of rotatable bonds is 7. The van der Waals surface area contributed by atoms with Gasteiger partial charge in [-0.05, 0) is 67.1 Å². The SMILES string of the molecule is Cc1cccc(C(=O)Nc2cccc(SC(C(=O)Nc3ccc(Br)cc3)c3ccccc3)c2)c1. The van der Waals surface area contributed by atoms with E-state index in [1.54, 1.807) is 6.07 Å². The number of nitrogens with one attached hydrogen (secondary N) is 2. The largest absolute Gasteiger partial charge is 0.325 e. The molecule has 4 aromatic rings. The van der Waals surface area contributed by atoms with Crippen LogP contribution in [0, 0.1) is 6.92 Å². The molecule has 2 amide bonds. The fraction of sp³-hybridized carbons (Fsp3) is 0.0714. The Morgan fingerprint density at radius 1 is 0.765 bits per heavy atom. The molecule has 4 nitrogen and oxygen atoms in total. The highest BCUT2D eigenvalue weighted by Crippen LogP contribution is 2.37. The maximum absolute atomic E-state index is 13.3. The molecule has 0 saturated heterocycles. The van der Waals surface area contributed by atoms with Crippen molar-refractivity contribution < 1.29 is 9.59 Å². The maximum Gasteiger partial charge on any atom is 0.255 e. The van der Waals surface area contributed by atoms with Crippen molar-refractivity contribution >= 4 is 50.9 Å². The second kappa shape index (κ2) is 11.2. The second-order valence-corrected chi connectivity index (χ2v) is 9.85. The lowest BCUT2D eigenvalue weighted by molar-refractivity contribution is -0.115. The van der Waals surface area contributed by atoms with Crippen LogP contribution in [0.15, 0.2) is 112 Å². The highest BCUT2D eigenvalue weighted by atomic mass is 79.9. The van der Waals surface area contributed by atoms with E-state index in [9.17, 15) is 9.59 Å². The summed E-state index contributed by atoms with van der Waals surface area (Å²) in [7, 11) is 0. The van der Waals surface area contributed by atoms with E-state index >= 15 is 0 Å². The van der Waals surface area contributed by atoms with Crippen molar-refractivity contribution in [1.29, 1.82) is 0 Å². The van der Waals surface area contributed by atoms with E-state index in [-0.39, 0.29) is 11.8 Å². The smallest absolute Gasteiger partial charge is 0.255 e. The average molecular weight is 531 g/mol. The summed E-state index contributed by atoms with van der Waals surface area (Å²) in [6, 6.07) is 32.2. The minimum absolute atomic E-state index is 0.118. The summed E-state index contributed by atoms with van der Waals surface area (Å²) >= 11 is 4.86. The molecule has 0 saturated carbocycles. The van der Waals surface area contributed by atoms with Gasteiger partial charge in [-0.15, -0.1) is 11.8 Å². The Balaban J connectivity index is 1.53. The van der Waals surface area contributed by atoms with Crippen molar-refractivity contribution in [3.63, 3.8) is 0 Å². The van der Waals surface area contributed by atoms with Crippen LogP contribution in [0.3, 0.4) is 0 Å². The second-order valence-electron chi connectivity index (χ2n) is 7.76. The molecule has 0 aliphatic carbocycles. The Hall–Kier alpha value is -3.35. The van der Waals surface area contributed by atoms with Gasteiger partial charge in [-0.1, -0.05) is 70.0 Å². The van der Waals surface area contributed by atoms with Crippen LogP contribution in [0.25, 0.3) is 0 Å². The molecule has 0 aliphatic rings. The predicted octanol–water partition coefficient (Wildman–Crippen LogP) is 7.48. The molecule has 1 unspecified atom stereocenters. The summed E-state index contributed by atoms with van der Waals surface area (Å²) in [5, 5.41) is 5.50. The molecular weight excluding hydrogens is 508 g/mol. The third kappa shape index (κ3) is 6.37. The van der Waals surface area contributed by atoms with Gasteiger partial charge in [0, 0.05) is 26.3 Å². The Bertz CT molecular complexity index is 1290. The quantitative estimate of drug-likeness (QED) is 0.243. The van der Waals surface area contributed by atoms with Crippen LogP contribution in [0.1, 0.15) is 26.7 Å². The van der Waals surface area contributed by atoms with E-state index in [0.717, 1.165) is 26.2 Å². The molecule has 2 N–H and O–H groups in total. The van der Waals surface area contributed by atoms with Crippen LogP contribution in [0.2, 0.25) is 0 Å². The highest BCUT2D eigenvalue weighted by Gasteiger charge is 2.22. The average Bonchev–Trinajstić information content (AvgIpc) is 2.84. The van der Waals surface area contributed by atoms with E-state index in [1.807, 2.05) is 104 Å². The molecular formula is C28H23BrN2O2S. The van der Waals surface area contributed by atoms with Gasteiger partial charge in [0.15, 0.2) is 0 Å². The van der Waals surface area contributed by atoms with Crippen molar-refractivity contribution in [2.45, 2.75) is 17.1 Å². The zero-order valence-electron chi connectivity index (χ0n) is 18.5. The number of carbonyl (C=O) groups is 2. The van der Waals surface area contributed by atoms with Gasteiger partial charge in [-0.2, -0.15) is 0 Å². The van der Waals surface area contributed by atoms with Crippen molar-refractivity contribution in [3.05, 3.63) is 124 Å². The van der Waals surface area contributed by atoms with Crippen LogP contribution in [-0.2, 0) is 4.79 Å². The Morgan fingerprint density at radius 3 is 2.24 bits per heavy atom. The molecule has 0 fully saturated rings. The summed E-state index contributed by atoms with van der Waals surface area (Å²) in [6.07, 6.45) is 0. The fourth-order valence-electron chi connectivity index (χ4n) is 3.41. The number of thioether (sulfide) groups is 1. The Kier molecular flexibility index (Phi) is 7.83. The molecule has 1 atom stereocenters. The number of aryl methyl sites for hydroxylation is 1. The van der Waals surface area contributed by atoms with Gasteiger partial charge in [0.1, 0.15) is 5.25 Å². The Labute approximate surface area is 211 Å².